The topological polar surface area (TPSA) is 73.8 Å². The van der Waals surface area contributed by atoms with Gasteiger partial charge in [0.15, 0.2) is 5.82 Å². The summed E-state index contributed by atoms with van der Waals surface area (Å²) in [6, 6.07) is 1.74. The van der Waals surface area contributed by atoms with Crippen LogP contribution in [0.4, 0.5) is 8.78 Å². The molecule has 2 N–H and O–H groups in total. The van der Waals surface area contributed by atoms with E-state index in [4.69, 9.17) is 5.73 Å². The number of hydrogen-bond acceptors (Lipinski definition) is 3. The first-order valence-corrected chi connectivity index (χ1v) is 4.04. The minimum Gasteiger partial charge on any atom is -0.368 e. The number of carbonyl (C=O) groups is 1. The molecule has 0 unspecified atom stereocenters. The molecule has 7 heteroatoms. The van der Waals surface area contributed by atoms with E-state index in [1.165, 1.54) is 0 Å². The van der Waals surface area contributed by atoms with E-state index in [0.717, 1.165) is 10.7 Å². The lowest BCUT2D eigenvalue weighted by molar-refractivity contribution is -0.118. The minimum absolute atomic E-state index is 0.0855. The number of amides is 1. The van der Waals surface area contributed by atoms with Crippen LogP contribution in [0.15, 0.2) is 12.1 Å². The first kappa shape index (κ1) is 9.50. The number of nitrogens with zero attached hydrogens (tertiary/aromatic N) is 3. The summed E-state index contributed by atoms with van der Waals surface area (Å²) < 4.78 is 27.0. The number of benzene rings is 1. The molecule has 15 heavy (non-hydrogen) atoms. The normalized spacial score (nSPS) is 10.8. The number of primary amides is 1. The monoisotopic (exact) mass is 212 g/mol. The average Bonchev–Trinajstić information content (AvgIpc) is 2.48. The van der Waals surface area contributed by atoms with E-state index < -0.39 is 17.5 Å². The summed E-state index contributed by atoms with van der Waals surface area (Å²) in [4.78, 5) is 10.6. The highest BCUT2D eigenvalue weighted by molar-refractivity contribution is 5.79. The van der Waals surface area contributed by atoms with Gasteiger partial charge in [0.2, 0.25) is 5.91 Å². The zero-order valence-corrected chi connectivity index (χ0v) is 7.44. The molecular formula is C8H6F2N4O. The van der Waals surface area contributed by atoms with Gasteiger partial charge in [0.1, 0.15) is 17.9 Å². The van der Waals surface area contributed by atoms with Crippen molar-refractivity contribution in [3.8, 4) is 0 Å². The molecule has 0 spiro atoms. The van der Waals surface area contributed by atoms with E-state index in [2.05, 4.69) is 10.3 Å². The molecule has 0 aliphatic heterocycles. The van der Waals surface area contributed by atoms with Crippen molar-refractivity contribution < 1.29 is 13.6 Å². The van der Waals surface area contributed by atoms with Crippen LogP contribution in [0.5, 0.6) is 0 Å². The number of hydrogen-bond donors (Lipinski definition) is 1. The molecule has 0 atom stereocenters. The first-order chi connectivity index (χ1) is 7.08. The zero-order valence-electron chi connectivity index (χ0n) is 7.44. The van der Waals surface area contributed by atoms with Crippen molar-refractivity contribution in [3.63, 3.8) is 0 Å². The van der Waals surface area contributed by atoms with Crippen LogP contribution in [-0.2, 0) is 11.3 Å². The Morgan fingerprint density at radius 2 is 2.20 bits per heavy atom. The van der Waals surface area contributed by atoms with Gasteiger partial charge in [0, 0.05) is 12.1 Å². The molecule has 0 aliphatic carbocycles. The molecule has 2 aromatic rings. The van der Waals surface area contributed by atoms with Crippen LogP contribution in [0.2, 0.25) is 0 Å². The Kier molecular flexibility index (Phi) is 2.07. The van der Waals surface area contributed by atoms with Crippen LogP contribution in [0.25, 0.3) is 11.0 Å². The van der Waals surface area contributed by atoms with Gasteiger partial charge in [0.25, 0.3) is 0 Å². The second-order valence-electron chi connectivity index (χ2n) is 2.97. The summed E-state index contributed by atoms with van der Waals surface area (Å²) in [5.41, 5.74) is 4.95. The summed E-state index contributed by atoms with van der Waals surface area (Å²) in [7, 11) is 0. The number of halogens is 2. The number of fused-ring (bicyclic) bond motifs is 1. The lowest BCUT2D eigenvalue weighted by Crippen LogP contribution is -2.19. The second-order valence-corrected chi connectivity index (χ2v) is 2.97. The molecule has 0 saturated heterocycles. The molecular weight excluding hydrogens is 206 g/mol. The molecule has 0 radical (unpaired) electrons. The highest BCUT2D eigenvalue weighted by atomic mass is 19.1. The SMILES string of the molecule is NC(=O)Cn1nnc2c(F)cc(F)cc21. The van der Waals surface area contributed by atoms with Crippen LogP contribution >= 0.6 is 0 Å². The number of carbonyl (C=O) groups excluding carboxylic acids is 1. The fourth-order valence-electron chi connectivity index (χ4n) is 1.26. The van der Waals surface area contributed by atoms with Gasteiger partial charge in [-0.3, -0.25) is 4.79 Å². The van der Waals surface area contributed by atoms with Crippen molar-refractivity contribution in [1.29, 1.82) is 0 Å². The fourth-order valence-corrected chi connectivity index (χ4v) is 1.26. The van der Waals surface area contributed by atoms with Crippen LogP contribution in [0.1, 0.15) is 0 Å². The van der Waals surface area contributed by atoms with Crippen LogP contribution in [0, 0.1) is 11.6 Å². The molecule has 2 rings (SSSR count). The highest BCUT2D eigenvalue weighted by Crippen LogP contribution is 2.16. The van der Waals surface area contributed by atoms with Gasteiger partial charge in [-0.1, -0.05) is 5.21 Å². The quantitative estimate of drug-likeness (QED) is 0.772. The Balaban J connectivity index is 2.63. The predicted molar refractivity (Wildman–Crippen MR) is 46.6 cm³/mol. The summed E-state index contributed by atoms with van der Waals surface area (Å²) in [6.07, 6.45) is 0. The highest BCUT2D eigenvalue weighted by Gasteiger charge is 2.12. The minimum atomic E-state index is -0.819. The number of aromatic nitrogens is 3. The van der Waals surface area contributed by atoms with Crippen molar-refractivity contribution >= 4 is 16.9 Å². The fraction of sp³-hybridized carbons (Fsp3) is 0.125. The molecule has 1 heterocycles. The zero-order chi connectivity index (χ0) is 11.0. The summed E-state index contributed by atoms with van der Waals surface area (Å²) in [5.74, 6) is -2.24. The molecule has 5 nitrogen and oxygen atoms in total. The van der Waals surface area contributed by atoms with Crippen molar-refractivity contribution in [2.75, 3.05) is 0 Å². The Morgan fingerprint density at radius 3 is 2.87 bits per heavy atom. The van der Waals surface area contributed by atoms with Crippen LogP contribution in [-0.4, -0.2) is 20.9 Å². The number of rotatable bonds is 2. The van der Waals surface area contributed by atoms with Gasteiger partial charge in [-0.25, -0.2) is 13.5 Å². The van der Waals surface area contributed by atoms with Gasteiger partial charge in [-0.15, -0.1) is 5.10 Å². The van der Waals surface area contributed by atoms with Crippen LogP contribution < -0.4 is 5.73 Å². The molecule has 0 saturated carbocycles. The molecule has 0 fully saturated rings. The van der Waals surface area contributed by atoms with E-state index in [0.29, 0.717) is 6.07 Å². The maximum Gasteiger partial charge on any atom is 0.239 e. The van der Waals surface area contributed by atoms with Gasteiger partial charge in [-0.2, -0.15) is 0 Å². The molecule has 1 aromatic heterocycles. The smallest absolute Gasteiger partial charge is 0.239 e. The number of nitrogens with two attached hydrogens (primary N) is 1. The van der Waals surface area contributed by atoms with Crippen molar-refractivity contribution in [1.82, 2.24) is 15.0 Å². The van der Waals surface area contributed by atoms with E-state index in [9.17, 15) is 13.6 Å². The van der Waals surface area contributed by atoms with Crippen LogP contribution in [0.3, 0.4) is 0 Å². The van der Waals surface area contributed by atoms with Crippen molar-refractivity contribution in [2.45, 2.75) is 6.54 Å². The molecule has 1 amide bonds. The van der Waals surface area contributed by atoms with Gasteiger partial charge < -0.3 is 5.73 Å². The summed E-state index contributed by atoms with van der Waals surface area (Å²) in [5, 5.41) is 6.97. The third kappa shape index (κ3) is 1.63. The molecule has 0 aliphatic rings. The Bertz CT molecular complexity index is 537. The lowest BCUT2D eigenvalue weighted by Gasteiger charge is -1.98. The molecule has 0 bridgehead atoms. The lowest BCUT2D eigenvalue weighted by atomic mass is 10.3. The third-order valence-electron chi connectivity index (χ3n) is 1.84. The van der Waals surface area contributed by atoms with Crippen molar-refractivity contribution in [3.05, 3.63) is 23.8 Å². The Labute approximate surface area is 82.5 Å². The Hall–Kier alpha value is -2.05. The maximum atomic E-state index is 13.1. The van der Waals surface area contributed by atoms with E-state index >= 15 is 0 Å². The first-order valence-electron chi connectivity index (χ1n) is 4.04. The largest absolute Gasteiger partial charge is 0.368 e. The van der Waals surface area contributed by atoms with E-state index in [1.807, 2.05) is 0 Å². The van der Waals surface area contributed by atoms with Gasteiger partial charge >= 0.3 is 0 Å². The predicted octanol–water partition coefficient (Wildman–Crippen LogP) is 0.195. The second kappa shape index (κ2) is 3.26. The maximum absolute atomic E-state index is 13.1. The molecule has 78 valence electrons. The van der Waals surface area contributed by atoms with E-state index in [1.54, 1.807) is 0 Å². The summed E-state index contributed by atoms with van der Waals surface area (Å²) in [6.45, 7) is -0.264. The Morgan fingerprint density at radius 1 is 1.47 bits per heavy atom. The van der Waals surface area contributed by atoms with Crippen molar-refractivity contribution in [2.24, 2.45) is 5.73 Å². The van der Waals surface area contributed by atoms with Gasteiger partial charge in [-0.05, 0) is 0 Å². The average molecular weight is 212 g/mol. The molecule has 1 aromatic carbocycles. The summed E-state index contributed by atoms with van der Waals surface area (Å²) >= 11 is 0. The van der Waals surface area contributed by atoms with E-state index in [-0.39, 0.29) is 17.6 Å². The van der Waals surface area contributed by atoms with Gasteiger partial charge in [0.05, 0.1) is 5.52 Å². The third-order valence-corrected chi connectivity index (χ3v) is 1.84. The standard InChI is InChI=1S/C8H6F2N4O/c9-4-1-5(10)8-6(2-4)14(13-12-8)3-7(11)15/h1-2H,3H2,(H2,11,15).